The van der Waals surface area contributed by atoms with E-state index in [-0.39, 0.29) is 11.5 Å². The van der Waals surface area contributed by atoms with Gasteiger partial charge in [0.1, 0.15) is 11.3 Å². The Morgan fingerprint density at radius 2 is 2.18 bits per heavy atom. The second-order valence-electron chi connectivity index (χ2n) is 7.23. The third-order valence-corrected chi connectivity index (χ3v) is 5.25. The number of nitrogens with zero attached hydrogens (tertiary/aromatic N) is 2. The van der Waals surface area contributed by atoms with E-state index < -0.39 is 0 Å². The molecule has 2 fully saturated rings. The maximum Gasteiger partial charge on any atom is 0.259 e. The standard InChI is InChI=1S/C17H26N2O3/c1-11(2)14-8-17(21-9-14)6-5-7-19(10-17)16(20)15-12(3)18-22-13(15)4/h11,14H,5-10H2,1-4H3/t14-,17-/m1/s1. The minimum Gasteiger partial charge on any atom is -0.373 e. The number of piperidine rings is 1. The van der Waals surface area contributed by atoms with Crippen LogP contribution in [0.15, 0.2) is 4.52 Å². The van der Waals surface area contributed by atoms with Crippen LogP contribution in [0.2, 0.25) is 0 Å². The first-order valence-corrected chi connectivity index (χ1v) is 8.28. The first kappa shape index (κ1) is 15.5. The van der Waals surface area contributed by atoms with Crippen LogP contribution in [0.25, 0.3) is 0 Å². The van der Waals surface area contributed by atoms with Gasteiger partial charge in [0.2, 0.25) is 0 Å². The Balaban J connectivity index is 1.75. The first-order valence-electron chi connectivity index (χ1n) is 8.28. The molecule has 5 heteroatoms. The molecule has 5 nitrogen and oxygen atoms in total. The SMILES string of the molecule is Cc1noc(C)c1C(=O)N1CCC[C@@]2(C[C@@H](C(C)C)CO2)C1. The fraction of sp³-hybridized carbons (Fsp3) is 0.765. The monoisotopic (exact) mass is 306 g/mol. The van der Waals surface area contributed by atoms with Gasteiger partial charge in [0.25, 0.3) is 5.91 Å². The number of amides is 1. The van der Waals surface area contributed by atoms with Crippen molar-refractivity contribution in [3.05, 3.63) is 17.0 Å². The molecule has 0 unspecified atom stereocenters. The number of aromatic nitrogens is 1. The predicted molar refractivity (Wildman–Crippen MR) is 82.7 cm³/mol. The van der Waals surface area contributed by atoms with Gasteiger partial charge >= 0.3 is 0 Å². The summed E-state index contributed by atoms with van der Waals surface area (Å²) in [6.07, 6.45) is 3.12. The molecule has 2 aliphatic rings. The molecule has 1 aromatic rings. The van der Waals surface area contributed by atoms with E-state index in [0.29, 0.717) is 35.4 Å². The van der Waals surface area contributed by atoms with Crippen molar-refractivity contribution in [1.29, 1.82) is 0 Å². The highest BCUT2D eigenvalue weighted by Gasteiger charge is 2.45. The van der Waals surface area contributed by atoms with Crippen molar-refractivity contribution in [2.45, 2.75) is 52.6 Å². The first-order chi connectivity index (χ1) is 10.4. The normalized spacial score (nSPS) is 28.8. The molecule has 2 atom stereocenters. The zero-order chi connectivity index (χ0) is 15.9. The molecule has 0 aliphatic carbocycles. The lowest BCUT2D eigenvalue weighted by molar-refractivity contribution is -0.0451. The predicted octanol–water partition coefficient (Wildman–Crippen LogP) is 2.96. The van der Waals surface area contributed by atoms with E-state index >= 15 is 0 Å². The quantitative estimate of drug-likeness (QED) is 0.843. The smallest absolute Gasteiger partial charge is 0.259 e. The van der Waals surface area contributed by atoms with Crippen LogP contribution in [-0.4, -0.2) is 41.3 Å². The van der Waals surface area contributed by atoms with Crippen LogP contribution in [0.4, 0.5) is 0 Å². The Morgan fingerprint density at radius 1 is 1.41 bits per heavy atom. The summed E-state index contributed by atoms with van der Waals surface area (Å²) in [6, 6.07) is 0. The summed E-state index contributed by atoms with van der Waals surface area (Å²) in [6.45, 7) is 10.4. The summed E-state index contributed by atoms with van der Waals surface area (Å²) in [5, 5.41) is 3.90. The molecule has 2 saturated heterocycles. The topological polar surface area (TPSA) is 55.6 Å². The molecule has 0 bridgehead atoms. The number of ether oxygens (including phenoxy) is 1. The van der Waals surface area contributed by atoms with Crippen LogP contribution >= 0.6 is 0 Å². The van der Waals surface area contributed by atoms with Gasteiger partial charge in [-0.25, -0.2) is 0 Å². The average molecular weight is 306 g/mol. The zero-order valence-corrected chi connectivity index (χ0v) is 14.0. The Kier molecular flexibility index (Phi) is 4.02. The number of carbonyl (C=O) groups is 1. The van der Waals surface area contributed by atoms with Gasteiger partial charge in [0.05, 0.1) is 17.9 Å². The van der Waals surface area contributed by atoms with Crippen molar-refractivity contribution in [3.63, 3.8) is 0 Å². The molecule has 1 amide bonds. The molecule has 0 saturated carbocycles. The van der Waals surface area contributed by atoms with Gasteiger partial charge in [-0.05, 0) is 44.9 Å². The number of rotatable bonds is 2. The molecule has 0 aromatic carbocycles. The summed E-state index contributed by atoms with van der Waals surface area (Å²) >= 11 is 0. The lowest BCUT2D eigenvalue weighted by Gasteiger charge is -2.40. The highest BCUT2D eigenvalue weighted by molar-refractivity contribution is 5.96. The van der Waals surface area contributed by atoms with Crippen molar-refractivity contribution < 1.29 is 14.1 Å². The maximum absolute atomic E-state index is 12.8. The van der Waals surface area contributed by atoms with Crippen molar-refractivity contribution >= 4 is 5.91 Å². The van der Waals surface area contributed by atoms with Gasteiger partial charge in [0.15, 0.2) is 0 Å². The molecular formula is C17H26N2O3. The van der Waals surface area contributed by atoms with Crippen LogP contribution in [0, 0.1) is 25.7 Å². The lowest BCUT2D eigenvalue weighted by atomic mass is 9.82. The van der Waals surface area contributed by atoms with Gasteiger partial charge in [-0.2, -0.15) is 0 Å². The second-order valence-corrected chi connectivity index (χ2v) is 7.23. The fourth-order valence-electron chi connectivity index (χ4n) is 3.81. The van der Waals surface area contributed by atoms with E-state index in [1.165, 1.54) is 0 Å². The zero-order valence-electron chi connectivity index (χ0n) is 14.0. The van der Waals surface area contributed by atoms with E-state index in [2.05, 4.69) is 19.0 Å². The summed E-state index contributed by atoms with van der Waals surface area (Å²) in [7, 11) is 0. The molecule has 0 radical (unpaired) electrons. The van der Waals surface area contributed by atoms with E-state index in [0.717, 1.165) is 32.4 Å². The van der Waals surface area contributed by atoms with Crippen LogP contribution in [0.1, 0.15) is 54.9 Å². The molecule has 1 spiro atoms. The fourth-order valence-corrected chi connectivity index (χ4v) is 3.81. The lowest BCUT2D eigenvalue weighted by Crippen LogP contribution is -2.50. The van der Waals surface area contributed by atoms with E-state index in [9.17, 15) is 4.79 Å². The van der Waals surface area contributed by atoms with Crippen molar-refractivity contribution in [3.8, 4) is 0 Å². The molecule has 1 aromatic heterocycles. The van der Waals surface area contributed by atoms with Crippen LogP contribution in [-0.2, 0) is 4.74 Å². The van der Waals surface area contributed by atoms with Crippen LogP contribution < -0.4 is 0 Å². The molecule has 0 N–H and O–H groups in total. The van der Waals surface area contributed by atoms with Crippen LogP contribution in [0.3, 0.4) is 0 Å². The summed E-state index contributed by atoms with van der Waals surface area (Å²) in [5.74, 6) is 1.88. The van der Waals surface area contributed by atoms with Crippen molar-refractivity contribution in [1.82, 2.24) is 10.1 Å². The largest absolute Gasteiger partial charge is 0.373 e. The Hall–Kier alpha value is -1.36. The molecular weight excluding hydrogens is 280 g/mol. The Morgan fingerprint density at radius 3 is 2.77 bits per heavy atom. The highest BCUT2D eigenvalue weighted by Crippen LogP contribution is 2.40. The third kappa shape index (κ3) is 2.67. The van der Waals surface area contributed by atoms with Crippen molar-refractivity contribution in [2.75, 3.05) is 19.7 Å². The van der Waals surface area contributed by atoms with Gasteiger partial charge in [-0.15, -0.1) is 0 Å². The summed E-state index contributed by atoms with van der Waals surface area (Å²) in [4.78, 5) is 14.8. The number of likely N-dealkylation sites (tertiary alicyclic amines) is 1. The summed E-state index contributed by atoms with van der Waals surface area (Å²) in [5.41, 5.74) is 1.16. The maximum atomic E-state index is 12.8. The molecule has 122 valence electrons. The van der Waals surface area contributed by atoms with E-state index in [1.807, 2.05) is 11.8 Å². The molecule has 3 rings (SSSR count). The Bertz CT molecular complexity index is 547. The Labute approximate surface area is 132 Å². The van der Waals surface area contributed by atoms with Crippen molar-refractivity contribution in [2.24, 2.45) is 11.8 Å². The molecule has 2 aliphatic heterocycles. The number of aryl methyl sites for hydroxylation is 2. The van der Waals surface area contributed by atoms with Gasteiger partial charge in [-0.1, -0.05) is 19.0 Å². The van der Waals surface area contributed by atoms with Gasteiger partial charge < -0.3 is 14.2 Å². The van der Waals surface area contributed by atoms with Gasteiger partial charge in [0, 0.05) is 13.1 Å². The minimum atomic E-state index is -0.137. The van der Waals surface area contributed by atoms with E-state index in [1.54, 1.807) is 6.92 Å². The average Bonchev–Trinajstić information content (AvgIpc) is 3.03. The minimum absolute atomic E-state index is 0.0342. The third-order valence-electron chi connectivity index (χ3n) is 5.25. The number of hydrogen-bond acceptors (Lipinski definition) is 4. The molecule has 22 heavy (non-hydrogen) atoms. The highest BCUT2D eigenvalue weighted by atomic mass is 16.5. The number of hydrogen-bond donors (Lipinski definition) is 0. The van der Waals surface area contributed by atoms with Gasteiger partial charge in [-0.3, -0.25) is 4.79 Å². The van der Waals surface area contributed by atoms with E-state index in [4.69, 9.17) is 9.26 Å². The summed E-state index contributed by atoms with van der Waals surface area (Å²) < 4.78 is 11.3. The molecule has 3 heterocycles. The number of carbonyl (C=O) groups excluding carboxylic acids is 1. The van der Waals surface area contributed by atoms with Crippen LogP contribution in [0.5, 0.6) is 0 Å². The second kappa shape index (κ2) is 5.69.